The normalized spacial score (nSPS) is 10.6. The van der Waals surface area contributed by atoms with Crippen molar-refractivity contribution in [2.45, 2.75) is 26.7 Å². The van der Waals surface area contributed by atoms with E-state index in [1.165, 1.54) is 5.56 Å². The summed E-state index contributed by atoms with van der Waals surface area (Å²) in [6, 6.07) is 6.10. The molecule has 0 aromatic heterocycles. The predicted octanol–water partition coefficient (Wildman–Crippen LogP) is 2.04. The molecule has 0 heterocycles. The van der Waals surface area contributed by atoms with Gasteiger partial charge in [-0.1, -0.05) is 32.0 Å². The van der Waals surface area contributed by atoms with Crippen molar-refractivity contribution in [2.24, 2.45) is 5.73 Å². The Labute approximate surface area is 97.2 Å². The van der Waals surface area contributed by atoms with Gasteiger partial charge in [-0.2, -0.15) is 0 Å². The van der Waals surface area contributed by atoms with Crippen molar-refractivity contribution in [3.05, 3.63) is 29.3 Å². The van der Waals surface area contributed by atoms with E-state index < -0.39 is 0 Å². The van der Waals surface area contributed by atoms with Crippen LogP contribution >= 0.6 is 0 Å². The molecule has 1 aromatic carbocycles. The first kappa shape index (κ1) is 12.7. The molecule has 3 nitrogen and oxygen atoms in total. The Morgan fingerprint density at radius 2 is 2.06 bits per heavy atom. The van der Waals surface area contributed by atoms with Crippen LogP contribution in [-0.4, -0.2) is 19.5 Å². The molecule has 1 rings (SSSR count). The molecule has 1 aromatic rings. The van der Waals surface area contributed by atoms with E-state index in [0.29, 0.717) is 5.92 Å². The number of hydrogen-bond donors (Lipinski definition) is 1. The highest BCUT2D eigenvalue weighted by molar-refractivity contribution is 5.95. The van der Waals surface area contributed by atoms with Gasteiger partial charge in [0, 0.05) is 12.7 Å². The summed E-state index contributed by atoms with van der Waals surface area (Å²) >= 11 is 0. The van der Waals surface area contributed by atoms with Crippen LogP contribution in [0.15, 0.2) is 18.2 Å². The van der Waals surface area contributed by atoms with Crippen molar-refractivity contribution in [1.29, 1.82) is 0 Å². The van der Waals surface area contributed by atoms with Gasteiger partial charge in [0.2, 0.25) is 5.91 Å². The number of nitrogens with two attached hydrogens (primary N) is 1. The van der Waals surface area contributed by atoms with Crippen LogP contribution in [0.3, 0.4) is 0 Å². The Morgan fingerprint density at radius 3 is 2.56 bits per heavy atom. The first-order valence-corrected chi connectivity index (χ1v) is 5.55. The van der Waals surface area contributed by atoms with E-state index in [1.807, 2.05) is 19.1 Å². The molecule has 0 saturated carbocycles. The molecule has 16 heavy (non-hydrogen) atoms. The third kappa shape index (κ3) is 2.42. The highest BCUT2D eigenvalue weighted by Crippen LogP contribution is 2.29. The lowest BCUT2D eigenvalue weighted by atomic mass is 9.97. The van der Waals surface area contributed by atoms with Crippen molar-refractivity contribution >= 4 is 11.6 Å². The SMILES string of the molecule is Cc1cccc(C(C)C)c1N(C)C(=O)CN. The van der Waals surface area contributed by atoms with Crippen LogP contribution in [-0.2, 0) is 4.79 Å². The summed E-state index contributed by atoms with van der Waals surface area (Å²) in [4.78, 5) is 13.3. The molecular weight excluding hydrogens is 200 g/mol. The molecule has 88 valence electrons. The molecule has 0 aliphatic heterocycles. The highest BCUT2D eigenvalue weighted by Gasteiger charge is 2.16. The molecule has 0 unspecified atom stereocenters. The smallest absolute Gasteiger partial charge is 0.240 e. The Morgan fingerprint density at radius 1 is 1.44 bits per heavy atom. The van der Waals surface area contributed by atoms with Crippen molar-refractivity contribution in [1.82, 2.24) is 0 Å². The van der Waals surface area contributed by atoms with Gasteiger partial charge >= 0.3 is 0 Å². The monoisotopic (exact) mass is 220 g/mol. The minimum absolute atomic E-state index is 0.0440. The van der Waals surface area contributed by atoms with Gasteiger partial charge in [0.1, 0.15) is 0 Å². The van der Waals surface area contributed by atoms with Crippen LogP contribution in [0.25, 0.3) is 0 Å². The molecule has 0 aliphatic carbocycles. The number of aryl methyl sites for hydroxylation is 1. The molecule has 3 heteroatoms. The zero-order valence-electron chi connectivity index (χ0n) is 10.4. The number of nitrogens with zero attached hydrogens (tertiary/aromatic N) is 1. The predicted molar refractivity (Wildman–Crippen MR) is 67.7 cm³/mol. The number of benzene rings is 1. The quantitative estimate of drug-likeness (QED) is 0.847. The molecule has 0 bridgehead atoms. The fourth-order valence-corrected chi connectivity index (χ4v) is 1.87. The lowest BCUT2D eigenvalue weighted by molar-refractivity contribution is -0.117. The molecule has 0 spiro atoms. The summed E-state index contributed by atoms with van der Waals surface area (Å²) in [5.41, 5.74) is 8.68. The van der Waals surface area contributed by atoms with Gasteiger partial charge in [-0.05, 0) is 24.0 Å². The van der Waals surface area contributed by atoms with Gasteiger partial charge in [0.05, 0.1) is 6.54 Å². The zero-order chi connectivity index (χ0) is 12.3. The summed E-state index contributed by atoms with van der Waals surface area (Å²) in [5.74, 6) is 0.333. The van der Waals surface area contributed by atoms with E-state index in [0.717, 1.165) is 11.3 Å². The average molecular weight is 220 g/mol. The number of hydrogen-bond acceptors (Lipinski definition) is 2. The Balaban J connectivity index is 3.24. The van der Waals surface area contributed by atoms with Gasteiger partial charge in [0.25, 0.3) is 0 Å². The number of anilines is 1. The molecule has 1 amide bonds. The third-order valence-electron chi connectivity index (χ3n) is 2.78. The van der Waals surface area contributed by atoms with Gasteiger partial charge in [-0.3, -0.25) is 4.79 Å². The summed E-state index contributed by atoms with van der Waals surface area (Å²) in [6.07, 6.45) is 0. The molecule has 0 atom stereocenters. The maximum absolute atomic E-state index is 11.6. The summed E-state index contributed by atoms with van der Waals surface area (Å²) in [7, 11) is 1.78. The van der Waals surface area contributed by atoms with Crippen LogP contribution in [0.2, 0.25) is 0 Å². The van der Waals surface area contributed by atoms with Gasteiger partial charge in [-0.25, -0.2) is 0 Å². The zero-order valence-corrected chi connectivity index (χ0v) is 10.4. The second kappa shape index (κ2) is 5.12. The van der Waals surface area contributed by atoms with Crippen molar-refractivity contribution in [2.75, 3.05) is 18.5 Å². The molecule has 0 aliphatic rings. The number of carbonyl (C=O) groups is 1. The summed E-state index contributed by atoms with van der Waals surface area (Å²) in [6.45, 7) is 6.31. The van der Waals surface area contributed by atoms with Crippen LogP contribution in [0, 0.1) is 6.92 Å². The number of para-hydroxylation sites is 1. The van der Waals surface area contributed by atoms with Crippen molar-refractivity contribution in [3.63, 3.8) is 0 Å². The summed E-state index contributed by atoms with van der Waals surface area (Å²) < 4.78 is 0. The maximum Gasteiger partial charge on any atom is 0.240 e. The first-order chi connectivity index (χ1) is 7.49. The second-order valence-corrected chi connectivity index (χ2v) is 4.32. The number of likely N-dealkylation sites (N-methyl/N-ethyl adjacent to an activating group) is 1. The maximum atomic E-state index is 11.6. The van der Waals surface area contributed by atoms with Crippen LogP contribution in [0.1, 0.15) is 30.9 Å². The minimum Gasteiger partial charge on any atom is -0.322 e. The fourth-order valence-electron chi connectivity index (χ4n) is 1.87. The lowest BCUT2D eigenvalue weighted by Crippen LogP contribution is -2.33. The fraction of sp³-hybridized carbons (Fsp3) is 0.462. The van der Waals surface area contributed by atoms with E-state index in [9.17, 15) is 4.79 Å². The molecule has 0 fully saturated rings. The average Bonchev–Trinajstić information content (AvgIpc) is 2.26. The van der Waals surface area contributed by atoms with Gasteiger partial charge in [-0.15, -0.1) is 0 Å². The second-order valence-electron chi connectivity index (χ2n) is 4.32. The molecule has 0 saturated heterocycles. The molecule has 0 radical (unpaired) electrons. The lowest BCUT2D eigenvalue weighted by Gasteiger charge is -2.24. The first-order valence-electron chi connectivity index (χ1n) is 5.55. The van der Waals surface area contributed by atoms with E-state index in [2.05, 4.69) is 19.9 Å². The Hall–Kier alpha value is -1.35. The highest BCUT2D eigenvalue weighted by atomic mass is 16.2. The van der Waals surface area contributed by atoms with E-state index >= 15 is 0 Å². The van der Waals surface area contributed by atoms with Crippen LogP contribution in [0.4, 0.5) is 5.69 Å². The summed E-state index contributed by atoms with van der Waals surface area (Å²) in [5, 5.41) is 0. The van der Waals surface area contributed by atoms with E-state index in [-0.39, 0.29) is 12.5 Å². The van der Waals surface area contributed by atoms with Crippen LogP contribution < -0.4 is 10.6 Å². The Bertz CT molecular complexity index is 386. The Kier molecular flexibility index (Phi) is 4.07. The number of carbonyl (C=O) groups excluding carboxylic acids is 1. The molecular formula is C13H20N2O. The topological polar surface area (TPSA) is 46.3 Å². The van der Waals surface area contributed by atoms with Crippen molar-refractivity contribution in [3.8, 4) is 0 Å². The number of rotatable bonds is 3. The van der Waals surface area contributed by atoms with E-state index in [4.69, 9.17) is 5.73 Å². The number of amides is 1. The van der Waals surface area contributed by atoms with Gasteiger partial charge in [0.15, 0.2) is 0 Å². The molecule has 2 N–H and O–H groups in total. The van der Waals surface area contributed by atoms with Crippen LogP contribution in [0.5, 0.6) is 0 Å². The minimum atomic E-state index is -0.0591. The van der Waals surface area contributed by atoms with Gasteiger partial charge < -0.3 is 10.6 Å². The standard InChI is InChI=1S/C13H20N2O/c1-9(2)11-7-5-6-10(3)13(11)15(4)12(16)8-14/h5-7,9H,8,14H2,1-4H3. The van der Waals surface area contributed by atoms with Crippen molar-refractivity contribution < 1.29 is 4.79 Å². The largest absolute Gasteiger partial charge is 0.322 e. The van der Waals surface area contributed by atoms with E-state index in [1.54, 1.807) is 11.9 Å². The third-order valence-corrected chi connectivity index (χ3v) is 2.78.